The Bertz CT molecular complexity index is 1190. The molecule has 1 aliphatic carbocycles. The highest BCUT2D eigenvalue weighted by molar-refractivity contribution is 7.45. The molecule has 53 heavy (non-hydrogen) atoms. The minimum Gasteiger partial charge on any atom is -0.756 e. The Labute approximate surface area is 321 Å². The molecule has 1 unspecified atom stereocenters. The number of quaternary nitrogens is 1. The molecule has 10 nitrogen and oxygen atoms in total. The molecule has 0 radical (unpaired) electrons. The number of aliphatic hydroxyl groups is 2. The molecule has 0 aliphatic heterocycles. The van der Waals surface area contributed by atoms with Crippen LogP contribution in [0.15, 0.2) is 60.8 Å². The number of carbonyl (C=O) groups excluding carboxylic acids is 2. The van der Waals surface area contributed by atoms with Crippen LogP contribution in [0.3, 0.4) is 0 Å². The Hall–Kier alpha value is -2.17. The second-order valence-corrected chi connectivity index (χ2v) is 16.7. The Kier molecular flexibility index (Phi) is 26.9. The number of hydrogen-bond acceptors (Lipinski definition) is 8. The molecule has 3 N–H and O–H groups in total. The van der Waals surface area contributed by atoms with Crippen LogP contribution in [-0.4, -0.2) is 85.5 Å². The largest absolute Gasteiger partial charge is 0.756 e. The zero-order valence-corrected chi connectivity index (χ0v) is 34.4. The van der Waals surface area contributed by atoms with Crippen LogP contribution >= 0.6 is 7.82 Å². The fraction of sp³-hybridized carbons (Fsp3) is 0.714. The van der Waals surface area contributed by atoms with Gasteiger partial charge in [-0.3, -0.25) is 14.2 Å². The highest BCUT2D eigenvalue weighted by Gasteiger charge is 2.27. The van der Waals surface area contributed by atoms with E-state index in [1.165, 1.54) is 38.5 Å². The normalized spacial score (nSPS) is 19.6. The van der Waals surface area contributed by atoms with E-state index in [0.717, 1.165) is 32.1 Å². The van der Waals surface area contributed by atoms with Crippen molar-refractivity contribution >= 4 is 19.5 Å². The second kappa shape index (κ2) is 29.2. The summed E-state index contributed by atoms with van der Waals surface area (Å²) in [5, 5.41) is 23.9. The number of phosphoric ester groups is 1. The van der Waals surface area contributed by atoms with Crippen LogP contribution in [0.25, 0.3) is 0 Å². The third-order valence-corrected chi connectivity index (χ3v) is 10.2. The van der Waals surface area contributed by atoms with Crippen LogP contribution < -0.4 is 10.2 Å². The molecule has 0 bridgehead atoms. The van der Waals surface area contributed by atoms with Gasteiger partial charge >= 0.3 is 0 Å². The van der Waals surface area contributed by atoms with Crippen molar-refractivity contribution in [1.29, 1.82) is 0 Å². The fourth-order valence-electron chi connectivity index (χ4n) is 5.80. The first kappa shape index (κ1) is 48.8. The van der Waals surface area contributed by atoms with Gasteiger partial charge in [0.15, 0.2) is 5.78 Å². The topological polar surface area (TPSA) is 145 Å². The van der Waals surface area contributed by atoms with Crippen LogP contribution in [0.5, 0.6) is 0 Å². The van der Waals surface area contributed by atoms with Crippen molar-refractivity contribution < 1.29 is 42.8 Å². The molecule has 0 spiro atoms. The monoisotopic (exact) mass is 765 g/mol. The van der Waals surface area contributed by atoms with Crippen LogP contribution in [0, 0.1) is 11.8 Å². The van der Waals surface area contributed by atoms with Crippen LogP contribution in [0.2, 0.25) is 0 Å². The van der Waals surface area contributed by atoms with Crippen molar-refractivity contribution in [2.24, 2.45) is 11.8 Å². The van der Waals surface area contributed by atoms with E-state index in [4.69, 9.17) is 9.05 Å². The van der Waals surface area contributed by atoms with Gasteiger partial charge in [0.2, 0.25) is 5.91 Å². The first-order valence-corrected chi connectivity index (χ1v) is 21.7. The van der Waals surface area contributed by atoms with E-state index in [9.17, 15) is 29.3 Å². The van der Waals surface area contributed by atoms with E-state index in [-0.39, 0.29) is 36.6 Å². The maximum absolute atomic E-state index is 12.9. The predicted molar refractivity (Wildman–Crippen MR) is 214 cm³/mol. The van der Waals surface area contributed by atoms with Gasteiger partial charge in [0.1, 0.15) is 13.2 Å². The van der Waals surface area contributed by atoms with E-state index in [0.29, 0.717) is 43.1 Å². The zero-order valence-electron chi connectivity index (χ0n) is 33.5. The lowest BCUT2D eigenvalue weighted by Crippen LogP contribution is -2.45. The number of phosphoric acid groups is 1. The summed E-state index contributed by atoms with van der Waals surface area (Å²) in [4.78, 5) is 37.7. The average molecular weight is 765 g/mol. The van der Waals surface area contributed by atoms with Gasteiger partial charge in [0, 0.05) is 12.3 Å². The highest BCUT2D eigenvalue weighted by atomic mass is 31.2. The van der Waals surface area contributed by atoms with Gasteiger partial charge < -0.3 is 34.0 Å². The summed E-state index contributed by atoms with van der Waals surface area (Å²) >= 11 is 0. The van der Waals surface area contributed by atoms with Gasteiger partial charge in [0.05, 0.1) is 46.0 Å². The molecule has 0 aromatic rings. The van der Waals surface area contributed by atoms with E-state index in [1.807, 2.05) is 51.5 Å². The number of nitrogens with zero attached hydrogens (tertiary/aromatic N) is 1. The number of hydrogen-bond donors (Lipinski definition) is 3. The third kappa shape index (κ3) is 26.3. The quantitative estimate of drug-likeness (QED) is 0.0274. The number of unbranched alkanes of at least 4 members (excludes halogenated alkanes) is 10. The lowest BCUT2D eigenvalue weighted by atomic mass is 9.90. The standard InChI is InChI=1S/C42H73N2O8P/c1-6-8-10-11-12-13-14-15-16-17-18-23-27-41(47)39(35-52-53(49,50)51-34-33-44(3,4)5)43-42(48)28-24-20-19-22-25-36-29-32-40(46)38(36)31-30-37(45)26-21-9-7-2/h15-16,19,22-23,27,29-32,36-39,41,45,47H,6-14,17-18,20-21,24-26,28,33-35H2,1-5H3,(H-,43,48,49,50)/b16-15-,22-19-,27-23+,31-30+/t36-,37-,38+,39-,41+/m0/s1. The van der Waals surface area contributed by atoms with Crippen molar-refractivity contribution in [3.8, 4) is 0 Å². The van der Waals surface area contributed by atoms with Crippen molar-refractivity contribution in [3.05, 3.63) is 60.8 Å². The SMILES string of the molecule is CCCCCCCC/C=C\CC/C=C/[C@@H](O)[C@H](COP(=O)([O-])OCC[N+](C)(C)C)NC(=O)CCC/C=C\C[C@H]1C=CC(=O)[C@@H]1/C=C/[C@@H](O)CCCCC. The lowest BCUT2D eigenvalue weighted by Gasteiger charge is -2.29. The van der Waals surface area contributed by atoms with E-state index >= 15 is 0 Å². The molecule has 6 atom stereocenters. The van der Waals surface area contributed by atoms with Crippen LogP contribution in [-0.2, 0) is 23.2 Å². The third-order valence-electron chi connectivity index (χ3n) is 9.20. The van der Waals surface area contributed by atoms with E-state index < -0.39 is 32.7 Å². The smallest absolute Gasteiger partial charge is 0.268 e. The van der Waals surface area contributed by atoms with Gasteiger partial charge in [-0.25, -0.2) is 0 Å². The molecule has 1 aliphatic rings. The van der Waals surface area contributed by atoms with Crippen molar-refractivity contribution in [1.82, 2.24) is 5.32 Å². The summed E-state index contributed by atoms with van der Waals surface area (Å²) < 4.78 is 23.1. The highest BCUT2D eigenvalue weighted by Crippen LogP contribution is 2.38. The Balaban J connectivity index is 2.61. The molecule has 0 fully saturated rings. The van der Waals surface area contributed by atoms with Gasteiger partial charge in [-0.1, -0.05) is 120 Å². The van der Waals surface area contributed by atoms with Crippen LogP contribution in [0.4, 0.5) is 0 Å². The zero-order chi connectivity index (χ0) is 39.4. The molecule has 1 rings (SSSR count). The number of rotatable bonds is 32. The molecule has 0 saturated heterocycles. The number of ketones is 1. The Morgan fingerprint density at radius 3 is 2.26 bits per heavy atom. The van der Waals surface area contributed by atoms with Gasteiger partial charge in [0.25, 0.3) is 7.82 Å². The Morgan fingerprint density at radius 1 is 0.887 bits per heavy atom. The van der Waals surface area contributed by atoms with Crippen molar-refractivity contribution in [3.63, 3.8) is 0 Å². The summed E-state index contributed by atoms with van der Waals surface area (Å²) in [5.41, 5.74) is 0. The van der Waals surface area contributed by atoms with E-state index in [1.54, 1.807) is 18.2 Å². The molecule has 0 saturated carbocycles. The van der Waals surface area contributed by atoms with Crippen molar-refractivity contribution in [2.45, 2.75) is 141 Å². The number of carbonyl (C=O) groups is 2. The van der Waals surface area contributed by atoms with Gasteiger partial charge in [-0.2, -0.15) is 0 Å². The average Bonchev–Trinajstić information content (AvgIpc) is 3.45. The molecule has 0 aromatic heterocycles. The molecule has 11 heteroatoms. The maximum Gasteiger partial charge on any atom is 0.268 e. The summed E-state index contributed by atoms with van der Waals surface area (Å²) in [5.74, 6) is -0.515. The maximum atomic E-state index is 12.9. The van der Waals surface area contributed by atoms with E-state index in [2.05, 4.69) is 31.3 Å². The Morgan fingerprint density at radius 2 is 1.53 bits per heavy atom. The first-order chi connectivity index (χ1) is 25.3. The molecular formula is C42H73N2O8P. The molecule has 0 heterocycles. The summed E-state index contributed by atoms with van der Waals surface area (Å²) in [6.07, 6.45) is 33.2. The second-order valence-electron chi connectivity index (χ2n) is 15.3. The number of aliphatic hydroxyl groups excluding tert-OH is 2. The minimum absolute atomic E-state index is 0.0334. The number of nitrogens with one attached hydrogen (secondary N) is 1. The molecule has 304 valence electrons. The number of likely N-dealkylation sites (N-methyl/N-ethyl adjacent to an activating group) is 1. The predicted octanol–water partition coefficient (Wildman–Crippen LogP) is 7.67. The molecule has 0 aromatic carbocycles. The van der Waals surface area contributed by atoms with Gasteiger partial charge in [-0.05, 0) is 63.4 Å². The first-order valence-electron chi connectivity index (χ1n) is 20.2. The fourth-order valence-corrected chi connectivity index (χ4v) is 6.53. The lowest BCUT2D eigenvalue weighted by molar-refractivity contribution is -0.870. The van der Waals surface area contributed by atoms with Crippen LogP contribution in [0.1, 0.15) is 123 Å². The van der Waals surface area contributed by atoms with Crippen molar-refractivity contribution in [2.75, 3.05) is 40.9 Å². The summed E-state index contributed by atoms with van der Waals surface area (Å²) in [6.45, 7) is 4.30. The summed E-state index contributed by atoms with van der Waals surface area (Å²) in [6, 6.07) is -0.983. The number of amides is 1. The minimum atomic E-state index is -4.65. The van der Waals surface area contributed by atoms with Gasteiger partial charge in [-0.15, -0.1) is 0 Å². The molecular weight excluding hydrogens is 691 g/mol. The molecule has 1 amide bonds. The number of allylic oxidation sites excluding steroid dienone is 8. The summed E-state index contributed by atoms with van der Waals surface area (Å²) in [7, 11) is 1.11.